The fraction of sp³-hybridized carbons (Fsp3) is 0.429. The molecule has 0 bridgehead atoms. The number of carbonyl (C=O) groups excluding carboxylic acids is 1. The van der Waals surface area contributed by atoms with Crippen molar-refractivity contribution in [3.8, 4) is 17.4 Å². The van der Waals surface area contributed by atoms with E-state index in [2.05, 4.69) is 15.6 Å². The zero-order chi connectivity index (χ0) is 18.7. The highest BCUT2D eigenvalue weighted by atomic mass is 35.5. The van der Waals surface area contributed by atoms with E-state index in [9.17, 15) is 4.79 Å². The summed E-state index contributed by atoms with van der Waals surface area (Å²) in [6.45, 7) is 2.56. The van der Waals surface area contributed by atoms with Crippen LogP contribution in [0.2, 0.25) is 0 Å². The van der Waals surface area contributed by atoms with E-state index in [1.165, 1.54) is 0 Å². The average molecular weight is 440 g/mol. The van der Waals surface area contributed by atoms with E-state index in [0.29, 0.717) is 18.2 Å². The molecule has 1 aliphatic heterocycles. The minimum Gasteiger partial charge on any atom is -0.497 e. The summed E-state index contributed by atoms with van der Waals surface area (Å²) in [5, 5.41) is 6.43. The van der Waals surface area contributed by atoms with E-state index in [0.717, 1.165) is 43.7 Å². The molecule has 1 atom stereocenters. The number of piperidine rings is 1. The topological polar surface area (TPSA) is 72.5 Å². The van der Waals surface area contributed by atoms with Gasteiger partial charge in [-0.05, 0) is 55.5 Å². The van der Waals surface area contributed by atoms with Crippen molar-refractivity contribution in [2.24, 2.45) is 11.3 Å². The summed E-state index contributed by atoms with van der Waals surface area (Å²) in [4.78, 5) is 16.8. The van der Waals surface area contributed by atoms with Crippen LogP contribution in [0.15, 0.2) is 42.6 Å². The number of amides is 1. The Morgan fingerprint density at radius 1 is 1.21 bits per heavy atom. The van der Waals surface area contributed by atoms with E-state index in [4.69, 9.17) is 9.47 Å². The third kappa shape index (κ3) is 5.53. The van der Waals surface area contributed by atoms with Crippen molar-refractivity contribution in [2.45, 2.75) is 25.8 Å². The molecule has 1 amide bonds. The Labute approximate surface area is 183 Å². The largest absolute Gasteiger partial charge is 0.497 e. The molecule has 1 saturated heterocycles. The predicted octanol–water partition coefficient (Wildman–Crippen LogP) is 3.73. The Morgan fingerprint density at radius 3 is 2.66 bits per heavy atom. The van der Waals surface area contributed by atoms with Crippen LogP contribution in [0, 0.1) is 11.3 Å². The maximum absolute atomic E-state index is 12.4. The monoisotopic (exact) mass is 439 g/mol. The van der Waals surface area contributed by atoms with Crippen molar-refractivity contribution in [1.29, 1.82) is 0 Å². The Bertz CT molecular complexity index is 811. The lowest BCUT2D eigenvalue weighted by Gasteiger charge is -2.23. The molecular formula is C21H27Cl2N3O3. The Balaban J connectivity index is 0.00000150. The van der Waals surface area contributed by atoms with Gasteiger partial charge < -0.3 is 20.1 Å². The molecule has 1 aliphatic carbocycles. The number of halogens is 2. The molecule has 1 saturated carbocycles. The van der Waals surface area contributed by atoms with Gasteiger partial charge in [0, 0.05) is 30.8 Å². The molecule has 158 valence electrons. The molecule has 0 radical (unpaired) electrons. The fourth-order valence-corrected chi connectivity index (χ4v) is 3.87. The Hall–Kier alpha value is -2.02. The van der Waals surface area contributed by atoms with Crippen molar-refractivity contribution in [3.05, 3.63) is 48.2 Å². The molecule has 4 rings (SSSR count). The van der Waals surface area contributed by atoms with Gasteiger partial charge in [-0.1, -0.05) is 12.1 Å². The normalized spacial score (nSPS) is 18.7. The van der Waals surface area contributed by atoms with Crippen LogP contribution in [-0.2, 0) is 11.3 Å². The summed E-state index contributed by atoms with van der Waals surface area (Å²) >= 11 is 0. The van der Waals surface area contributed by atoms with Gasteiger partial charge >= 0.3 is 0 Å². The number of carbonyl (C=O) groups is 1. The van der Waals surface area contributed by atoms with Crippen LogP contribution >= 0.6 is 24.8 Å². The molecule has 2 aliphatic rings. The summed E-state index contributed by atoms with van der Waals surface area (Å²) in [7, 11) is 1.62. The zero-order valence-corrected chi connectivity index (χ0v) is 18.0. The molecule has 2 aromatic rings. The van der Waals surface area contributed by atoms with Gasteiger partial charge in [0.2, 0.25) is 11.8 Å². The van der Waals surface area contributed by atoms with E-state index in [-0.39, 0.29) is 42.1 Å². The minimum absolute atomic E-state index is 0. The predicted molar refractivity (Wildman–Crippen MR) is 116 cm³/mol. The van der Waals surface area contributed by atoms with Crippen LogP contribution in [-0.4, -0.2) is 31.1 Å². The van der Waals surface area contributed by atoms with E-state index in [1.807, 2.05) is 36.4 Å². The average Bonchev–Trinajstić information content (AvgIpc) is 3.40. The summed E-state index contributed by atoms with van der Waals surface area (Å²) in [6.07, 6.45) is 5.00. The lowest BCUT2D eigenvalue weighted by atomic mass is 9.92. The summed E-state index contributed by atoms with van der Waals surface area (Å²) in [5.41, 5.74) is 1.23. The molecule has 2 N–H and O–H groups in total. The van der Waals surface area contributed by atoms with Crippen molar-refractivity contribution in [2.75, 3.05) is 20.2 Å². The first-order valence-corrected chi connectivity index (χ1v) is 9.44. The number of hydrogen-bond donors (Lipinski definition) is 2. The van der Waals surface area contributed by atoms with Gasteiger partial charge in [-0.3, -0.25) is 4.79 Å². The maximum Gasteiger partial charge on any atom is 0.223 e. The highest BCUT2D eigenvalue weighted by Gasteiger charge is 2.57. The number of benzene rings is 1. The SMILES string of the molecule is COc1cccc(Oc2ccc(CNC(=O)C3CC34CCNCC4)cn2)c1.Cl.Cl. The number of methoxy groups -OCH3 is 1. The number of nitrogens with one attached hydrogen (secondary N) is 2. The van der Waals surface area contributed by atoms with Crippen LogP contribution in [0.25, 0.3) is 0 Å². The van der Waals surface area contributed by atoms with Gasteiger partial charge in [-0.25, -0.2) is 4.98 Å². The first kappa shape index (κ1) is 23.3. The Morgan fingerprint density at radius 2 is 1.97 bits per heavy atom. The number of ether oxygens (including phenoxy) is 2. The number of aromatic nitrogens is 1. The van der Waals surface area contributed by atoms with Gasteiger partial charge in [0.25, 0.3) is 0 Å². The zero-order valence-electron chi connectivity index (χ0n) is 16.3. The maximum atomic E-state index is 12.4. The number of rotatable bonds is 6. The van der Waals surface area contributed by atoms with Crippen molar-refractivity contribution in [1.82, 2.24) is 15.6 Å². The van der Waals surface area contributed by atoms with Crippen LogP contribution in [0.4, 0.5) is 0 Å². The summed E-state index contributed by atoms with van der Waals surface area (Å²) in [5.74, 6) is 2.27. The summed E-state index contributed by atoms with van der Waals surface area (Å²) in [6, 6.07) is 11.1. The molecule has 8 heteroatoms. The molecule has 1 aromatic carbocycles. The second kappa shape index (κ2) is 10.1. The van der Waals surface area contributed by atoms with E-state index in [1.54, 1.807) is 13.3 Å². The molecule has 29 heavy (non-hydrogen) atoms. The molecule has 2 heterocycles. The Kier molecular flexibility index (Phi) is 8.14. The van der Waals surface area contributed by atoms with Crippen LogP contribution in [0.3, 0.4) is 0 Å². The molecule has 1 aromatic heterocycles. The highest BCUT2D eigenvalue weighted by molar-refractivity contribution is 5.85. The van der Waals surface area contributed by atoms with E-state index < -0.39 is 0 Å². The quantitative estimate of drug-likeness (QED) is 0.716. The van der Waals surface area contributed by atoms with Crippen LogP contribution in [0.1, 0.15) is 24.8 Å². The van der Waals surface area contributed by atoms with Gasteiger partial charge in [0.15, 0.2) is 0 Å². The van der Waals surface area contributed by atoms with Gasteiger partial charge in [-0.15, -0.1) is 24.8 Å². The molecule has 1 unspecified atom stereocenters. The van der Waals surface area contributed by atoms with Crippen molar-refractivity contribution < 1.29 is 14.3 Å². The standard InChI is InChI=1S/C21H25N3O3.2ClH/c1-26-16-3-2-4-17(11-16)27-19-6-5-15(13-23-19)14-24-20(25)18-12-21(18)7-9-22-10-8-21;;/h2-6,11,13,18,22H,7-10,12,14H2,1H3,(H,24,25);2*1H. The fourth-order valence-electron chi connectivity index (χ4n) is 3.87. The second-order valence-electron chi connectivity index (χ2n) is 7.37. The van der Waals surface area contributed by atoms with Crippen LogP contribution < -0.4 is 20.1 Å². The van der Waals surface area contributed by atoms with E-state index >= 15 is 0 Å². The molecule has 1 spiro atoms. The number of nitrogens with zero attached hydrogens (tertiary/aromatic N) is 1. The number of pyridine rings is 1. The van der Waals surface area contributed by atoms with Gasteiger partial charge in [0.05, 0.1) is 7.11 Å². The highest BCUT2D eigenvalue weighted by Crippen LogP contribution is 2.58. The minimum atomic E-state index is 0. The second-order valence-corrected chi connectivity index (χ2v) is 7.37. The molecular weight excluding hydrogens is 413 g/mol. The van der Waals surface area contributed by atoms with Crippen molar-refractivity contribution >= 4 is 30.7 Å². The third-order valence-corrected chi connectivity index (χ3v) is 5.63. The van der Waals surface area contributed by atoms with Gasteiger partial charge in [0.1, 0.15) is 11.5 Å². The van der Waals surface area contributed by atoms with Gasteiger partial charge in [-0.2, -0.15) is 0 Å². The first-order valence-electron chi connectivity index (χ1n) is 9.44. The lowest BCUT2D eigenvalue weighted by Crippen LogP contribution is -2.33. The smallest absolute Gasteiger partial charge is 0.223 e. The van der Waals surface area contributed by atoms with Crippen molar-refractivity contribution in [3.63, 3.8) is 0 Å². The summed E-state index contributed by atoms with van der Waals surface area (Å²) < 4.78 is 10.9. The molecule has 6 nitrogen and oxygen atoms in total. The lowest BCUT2D eigenvalue weighted by molar-refractivity contribution is -0.123. The first-order chi connectivity index (χ1) is 13.2. The third-order valence-electron chi connectivity index (χ3n) is 5.63. The van der Waals surface area contributed by atoms with Crippen LogP contribution in [0.5, 0.6) is 17.4 Å². The number of hydrogen-bond acceptors (Lipinski definition) is 5. The molecule has 2 fully saturated rings.